The monoisotopic (exact) mass is 266 g/mol. The molecule has 0 saturated carbocycles. The molecule has 2 rings (SSSR count). The summed E-state index contributed by atoms with van der Waals surface area (Å²) < 4.78 is 13.1. The first-order valence-electron chi connectivity index (χ1n) is 6.07. The number of halogens is 1. The molecule has 1 aliphatic rings. The predicted molar refractivity (Wildman–Crippen MR) is 66.5 cm³/mol. The molecule has 1 aromatic carbocycles. The molecule has 0 aromatic heterocycles. The molecule has 1 heterocycles. The number of nitrogens with one attached hydrogen (secondary N) is 1. The summed E-state index contributed by atoms with van der Waals surface area (Å²) in [6, 6.07) is 3.29. The molecule has 5 nitrogen and oxygen atoms in total. The Kier molecular flexibility index (Phi) is 4.11. The van der Waals surface area contributed by atoms with Crippen molar-refractivity contribution in [1.29, 1.82) is 0 Å². The van der Waals surface area contributed by atoms with E-state index in [0.29, 0.717) is 26.1 Å². The highest BCUT2D eigenvalue weighted by molar-refractivity contribution is 6.00. The Morgan fingerprint density at radius 2 is 2.21 bits per heavy atom. The normalized spacial score (nSPS) is 16.8. The van der Waals surface area contributed by atoms with Gasteiger partial charge in [0.1, 0.15) is 11.6 Å². The first-order chi connectivity index (χ1) is 9.06. The number of hydrogen-bond acceptors (Lipinski definition) is 4. The van der Waals surface area contributed by atoms with E-state index in [1.165, 1.54) is 0 Å². The van der Waals surface area contributed by atoms with Crippen LogP contribution in [0.2, 0.25) is 0 Å². The van der Waals surface area contributed by atoms with E-state index in [4.69, 9.17) is 0 Å². The molecule has 2 N–H and O–H groups in total. The van der Waals surface area contributed by atoms with Gasteiger partial charge in [0.25, 0.3) is 0 Å². The maximum Gasteiger partial charge on any atom is 0.221 e. The summed E-state index contributed by atoms with van der Waals surface area (Å²) in [4.78, 5) is 25.0. The van der Waals surface area contributed by atoms with Crippen LogP contribution in [0.4, 0.5) is 4.39 Å². The fourth-order valence-electron chi connectivity index (χ4n) is 1.99. The number of benzene rings is 1. The molecule has 1 fully saturated rings. The summed E-state index contributed by atoms with van der Waals surface area (Å²) in [6.07, 6.45) is 0.336. The highest BCUT2D eigenvalue weighted by Gasteiger charge is 2.19. The zero-order valence-electron chi connectivity index (χ0n) is 10.4. The number of phenols is 1. The minimum Gasteiger partial charge on any atom is -0.507 e. The van der Waals surface area contributed by atoms with E-state index in [1.54, 1.807) is 0 Å². The largest absolute Gasteiger partial charge is 0.507 e. The molecule has 1 aliphatic heterocycles. The number of phenolic OH excluding ortho intramolecular Hbond substituents is 1. The zero-order chi connectivity index (χ0) is 13.8. The van der Waals surface area contributed by atoms with E-state index in [1.807, 2.05) is 4.90 Å². The topological polar surface area (TPSA) is 69.6 Å². The van der Waals surface area contributed by atoms with Gasteiger partial charge >= 0.3 is 0 Å². The first kappa shape index (κ1) is 13.5. The molecule has 0 spiro atoms. The maximum absolute atomic E-state index is 13.1. The molecule has 0 bridgehead atoms. The Morgan fingerprint density at radius 3 is 3.00 bits per heavy atom. The van der Waals surface area contributed by atoms with Gasteiger partial charge < -0.3 is 10.4 Å². The van der Waals surface area contributed by atoms with Crippen LogP contribution in [0.25, 0.3) is 0 Å². The Bertz CT molecular complexity index is 505. The number of amides is 1. The molecular formula is C13H15FN2O3. The summed E-state index contributed by atoms with van der Waals surface area (Å²) >= 11 is 0. The van der Waals surface area contributed by atoms with Crippen LogP contribution in [0.5, 0.6) is 5.75 Å². The maximum atomic E-state index is 13.1. The van der Waals surface area contributed by atoms with Gasteiger partial charge in [0.2, 0.25) is 5.91 Å². The third kappa shape index (κ3) is 3.51. The van der Waals surface area contributed by atoms with Crippen molar-refractivity contribution in [3.63, 3.8) is 0 Å². The Hall–Kier alpha value is -1.95. The van der Waals surface area contributed by atoms with Gasteiger partial charge in [-0.3, -0.25) is 14.5 Å². The molecule has 6 heteroatoms. The fourth-order valence-corrected chi connectivity index (χ4v) is 1.99. The molecule has 0 radical (unpaired) electrons. The number of aromatic hydroxyl groups is 1. The smallest absolute Gasteiger partial charge is 0.221 e. The zero-order valence-corrected chi connectivity index (χ0v) is 10.4. The number of rotatable bonds is 3. The van der Waals surface area contributed by atoms with Gasteiger partial charge in [-0.2, -0.15) is 0 Å². The van der Waals surface area contributed by atoms with Crippen LogP contribution in [-0.4, -0.2) is 47.9 Å². The van der Waals surface area contributed by atoms with Crippen molar-refractivity contribution in [1.82, 2.24) is 10.2 Å². The molecule has 0 unspecified atom stereocenters. The van der Waals surface area contributed by atoms with Gasteiger partial charge in [-0.1, -0.05) is 0 Å². The van der Waals surface area contributed by atoms with Crippen LogP contribution >= 0.6 is 0 Å². The molecule has 1 amide bonds. The van der Waals surface area contributed by atoms with Crippen LogP contribution in [0.1, 0.15) is 16.8 Å². The van der Waals surface area contributed by atoms with Gasteiger partial charge in [0.05, 0.1) is 12.1 Å². The highest BCUT2D eigenvalue weighted by Crippen LogP contribution is 2.18. The SMILES string of the molecule is O=C1CCN(CC(=O)c2cc(F)ccc2O)CCN1. The van der Waals surface area contributed by atoms with Gasteiger partial charge in [0, 0.05) is 26.1 Å². The second-order valence-electron chi connectivity index (χ2n) is 4.46. The van der Waals surface area contributed by atoms with Crippen LogP contribution in [-0.2, 0) is 4.79 Å². The van der Waals surface area contributed by atoms with Crippen molar-refractivity contribution >= 4 is 11.7 Å². The predicted octanol–water partition coefficient (Wildman–Crippen LogP) is 0.536. The second kappa shape index (κ2) is 5.79. The standard InChI is InChI=1S/C13H15FN2O3/c14-9-1-2-11(17)10(7-9)12(18)8-16-5-3-13(19)15-4-6-16/h1-2,7,17H,3-6,8H2,(H,15,19). The number of Topliss-reactive ketones (excluding diaryl/α,β-unsaturated/α-hetero) is 1. The summed E-state index contributed by atoms with van der Waals surface area (Å²) in [6.45, 7) is 1.59. The number of hydrogen-bond donors (Lipinski definition) is 2. The van der Waals surface area contributed by atoms with Crippen molar-refractivity contribution in [2.24, 2.45) is 0 Å². The minimum atomic E-state index is -0.561. The van der Waals surface area contributed by atoms with Crippen molar-refractivity contribution in [2.75, 3.05) is 26.2 Å². The summed E-state index contributed by atoms with van der Waals surface area (Å²) in [5.74, 6) is -1.18. The van der Waals surface area contributed by atoms with Gasteiger partial charge in [0.15, 0.2) is 5.78 Å². The molecular weight excluding hydrogens is 251 g/mol. The lowest BCUT2D eigenvalue weighted by Crippen LogP contribution is -2.33. The summed E-state index contributed by atoms with van der Waals surface area (Å²) in [5, 5.41) is 12.3. The van der Waals surface area contributed by atoms with Gasteiger partial charge in [-0.05, 0) is 18.2 Å². The Morgan fingerprint density at radius 1 is 1.42 bits per heavy atom. The van der Waals surface area contributed by atoms with Crippen molar-refractivity contribution in [3.05, 3.63) is 29.6 Å². The lowest BCUT2D eigenvalue weighted by atomic mass is 10.1. The Labute approximate surface area is 110 Å². The van der Waals surface area contributed by atoms with E-state index >= 15 is 0 Å². The van der Waals surface area contributed by atoms with E-state index in [-0.39, 0.29) is 29.5 Å². The molecule has 0 atom stereocenters. The van der Waals surface area contributed by atoms with E-state index < -0.39 is 5.82 Å². The fraction of sp³-hybridized carbons (Fsp3) is 0.385. The van der Waals surface area contributed by atoms with Crippen molar-refractivity contribution < 1.29 is 19.1 Å². The van der Waals surface area contributed by atoms with Gasteiger partial charge in [-0.15, -0.1) is 0 Å². The highest BCUT2D eigenvalue weighted by atomic mass is 19.1. The Balaban J connectivity index is 2.04. The quantitative estimate of drug-likeness (QED) is 0.783. The average molecular weight is 266 g/mol. The van der Waals surface area contributed by atoms with Crippen molar-refractivity contribution in [3.8, 4) is 5.75 Å². The lowest BCUT2D eigenvalue weighted by molar-refractivity contribution is -0.120. The molecule has 0 aliphatic carbocycles. The molecule has 19 heavy (non-hydrogen) atoms. The third-order valence-corrected chi connectivity index (χ3v) is 3.03. The summed E-state index contributed by atoms with van der Waals surface area (Å²) in [7, 11) is 0. The van der Waals surface area contributed by atoms with Crippen LogP contribution in [0.15, 0.2) is 18.2 Å². The third-order valence-electron chi connectivity index (χ3n) is 3.03. The lowest BCUT2D eigenvalue weighted by Gasteiger charge is -2.18. The first-order valence-corrected chi connectivity index (χ1v) is 6.07. The number of nitrogens with zero attached hydrogens (tertiary/aromatic N) is 1. The van der Waals surface area contributed by atoms with E-state index in [2.05, 4.69) is 5.32 Å². The summed E-state index contributed by atoms with van der Waals surface area (Å²) in [5.41, 5.74) is -0.0245. The van der Waals surface area contributed by atoms with Crippen LogP contribution < -0.4 is 5.32 Å². The van der Waals surface area contributed by atoms with E-state index in [0.717, 1.165) is 18.2 Å². The second-order valence-corrected chi connectivity index (χ2v) is 4.46. The van der Waals surface area contributed by atoms with Crippen LogP contribution in [0, 0.1) is 5.82 Å². The average Bonchev–Trinajstić information content (AvgIpc) is 2.57. The number of carbonyl (C=O) groups excluding carboxylic acids is 2. The molecule has 102 valence electrons. The minimum absolute atomic E-state index is 0.0245. The van der Waals surface area contributed by atoms with Crippen molar-refractivity contribution in [2.45, 2.75) is 6.42 Å². The molecule has 1 aromatic rings. The number of carbonyl (C=O) groups is 2. The van der Waals surface area contributed by atoms with Crippen LogP contribution in [0.3, 0.4) is 0 Å². The molecule has 1 saturated heterocycles. The number of ketones is 1. The van der Waals surface area contributed by atoms with Gasteiger partial charge in [-0.25, -0.2) is 4.39 Å². The van der Waals surface area contributed by atoms with E-state index in [9.17, 15) is 19.1 Å².